The summed E-state index contributed by atoms with van der Waals surface area (Å²) in [5, 5.41) is 6.09. The van der Waals surface area contributed by atoms with E-state index in [2.05, 4.69) is 5.10 Å². The summed E-state index contributed by atoms with van der Waals surface area (Å²) in [6.07, 6.45) is 3.16. The first-order valence-electron chi connectivity index (χ1n) is 12.1. The van der Waals surface area contributed by atoms with Crippen LogP contribution in [-0.2, 0) is 14.3 Å². The number of rotatable bonds is 10. The van der Waals surface area contributed by atoms with E-state index in [0.29, 0.717) is 36.8 Å². The van der Waals surface area contributed by atoms with Gasteiger partial charge in [-0.1, -0.05) is 24.6 Å². The minimum Gasteiger partial charge on any atom is -0.493 e. The zero-order chi connectivity index (χ0) is 25.7. The van der Waals surface area contributed by atoms with Crippen molar-refractivity contribution in [3.8, 4) is 11.5 Å². The van der Waals surface area contributed by atoms with Gasteiger partial charge in [0.1, 0.15) is 12.4 Å². The van der Waals surface area contributed by atoms with Crippen LogP contribution in [0.25, 0.3) is 0 Å². The van der Waals surface area contributed by atoms with E-state index in [4.69, 9.17) is 14.2 Å². The Balaban J connectivity index is 1.63. The first-order valence-corrected chi connectivity index (χ1v) is 12.1. The van der Waals surface area contributed by atoms with Gasteiger partial charge in [0, 0.05) is 26.0 Å². The van der Waals surface area contributed by atoms with Crippen LogP contribution in [0.2, 0.25) is 0 Å². The summed E-state index contributed by atoms with van der Waals surface area (Å²) in [6, 6.07) is 11.1. The van der Waals surface area contributed by atoms with Crippen LogP contribution in [-0.4, -0.2) is 68.5 Å². The van der Waals surface area contributed by atoms with Crippen molar-refractivity contribution in [2.24, 2.45) is 11.0 Å². The van der Waals surface area contributed by atoms with Crippen molar-refractivity contribution in [3.05, 3.63) is 59.4 Å². The standard InChI is InChI=1S/C27H32FN3O5/c1-34-14-13-30(27(33)19-5-4-6-19)17-26(32)31-23(20-9-12-24(35-2)25(15-20)36-3)16-22(29-31)18-7-10-21(28)11-8-18/h7-12,15,19,23H,4-6,13-14,16-17H2,1-3H3/t23-/m0/s1. The van der Waals surface area contributed by atoms with Crippen LogP contribution in [0.15, 0.2) is 47.6 Å². The fourth-order valence-corrected chi connectivity index (χ4v) is 4.49. The van der Waals surface area contributed by atoms with Crippen LogP contribution >= 0.6 is 0 Å². The molecular weight excluding hydrogens is 465 g/mol. The molecule has 1 saturated carbocycles. The quantitative estimate of drug-likeness (QED) is 0.499. The topological polar surface area (TPSA) is 80.7 Å². The number of hydrogen-bond acceptors (Lipinski definition) is 6. The maximum atomic E-state index is 13.6. The molecule has 2 aromatic carbocycles. The molecule has 0 unspecified atom stereocenters. The number of hydrogen-bond donors (Lipinski definition) is 0. The van der Waals surface area contributed by atoms with Gasteiger partial charge in [0.2, 0.25) is 5.91 Å². The fraction of sp³-hybridized carbons (Fsp3) is 0.444. The van der Waals surface area contributed by atoms with Gasteiger partial charge in [-0.2, -0.15) is 5.10 Å². The molecule has 2 amide bonds. The SMILES string of the molecule is COCCN(CC(=O)N1N=C(c2ccc(F)cc2)C[C@H]1c1ccc(OC)c(OC)c1)C(=O)C1CCC1. The molecule has 1 heterocycles. The third-order valence-electron chi connectivity index (χ3n) is 6.79. The molecule has 1 aliphatic heterocycles. The van der Waals surface area contributed by atoms with Crippen molar-refractivity contribution in [3.63, 3.8) is 0 Å². The Kier molecular flexibility index (Phi) is 8.20. The number of benzene rings is 2. The number of amides is 2. The van der Waals surface area contributed by atoms with E-state index in [1.165, 1.54) is 17.1 Å². The Hall–Kier alpha value is -3.46. The van der Waals surface area contributed by atoms with Crippen molar-refractivity contribution in [2.45, 2.75) is 31.7 Å². The first kappa shape index (κ1) is 25.6. The molecule has 0 bridgehead atoms. The minimum atomic E-state index is -0.416. The van der Waals surface area contributed by atoms with Crippen molar-refractivity contribution in [2.75, 3.05) is 41.0 Å². The van der Waals surface area contributed by atoms with Gasteiger partial charge in [0.15, 0.2) is 11.5 Å². The van der Waals surface area contributed by atoms with Crippen LogP contribution in [0, 0.1) is 11.7 Å². The van der Waals surface area contributed by atoms with Gasteiger partial charge >= 0.3 is 0 Å². The van der Waals surface area contributed by atoms with Crippen LogP contribution in [0.3, 0.4) is 0 Å². The average Bonchev–Trinajstić information content (AvgIpc) is 3.31. The summed E-state index contributed by atoms with van der Waals surface area (Å²) in [5.74, 6) is 0.429. The second kappa shape index (κ2) is 11.5. The van der Waals surface area contributed by atoms with E-state index in [-0.39, 0.29) is 30.1 Å². The maximum Gasteiger partial charge on any atom is 0.262 e. The van der Waals surface area contributed by atoms with Crippen molar-refractivity contribution in [1.82, 2.24) is 9.91 Å². The fourth-order valence-electron chi connectivity index (χ4n) is 4.49. The molecule has 2 aromatic rings. The molecule has 1 aliphatic carbocycles. The van der Waals surface area contributed by atoms with Crippen molar-refractivity contribution in [1.29, 1.82) is 0 Å². The molecule has 0 N–H and O–H groups in total. The zero-order valence-corrected chi connectivity index (χ0v) is 20.9. The maximum absolute atomic E-state index is 13.6. The van der Waals surface area contributed by atoms with Gasteiger partial charge in [-0.05, 0) is 48.2 Å². The monoisotopic (exact) mass is 497 g/mol. The zero-order valence-electron chi connectivity index (χ0n) is 20.9. The summed E-state index contributed by atoms with van der Waals surface area (Å²) in [7, 11) is 4.69. The van der Waals surface area contributed by atoms with E-state index in [9.17, 15) is 14.0 Å². The summed E-state index contributed by atoms with van der Waals surface area (Å²) < 4.78 is 29.5. The minimum absolute atomic E-state index is 0.0174. The van der Waals surface area contributed by atoms with Crippen molar-refractivity contribution < 1.29 is 28.2 Å². The van der Waals surface area contributed by atoms with Crippen LogP contribution in [0.4, 0.5) is 4.39 Å². The first-order chi connectivity index (χ1) is 17.4. The van der Waals surface area contributed by atoms with Gasteiger partial charge in [-0.15, -0.1) is 0 Å². The molecule has 0 aromatic heterocycles. The largest absolute Gasteiger partial charge is 0.493 e. The second-order valence-corrected chi connectivity index (χ2v) is 9.01. The highest BCUT2D eigenvalue weighted by Crippen LogP contribution is 2.37. The van der Waals surface area contributed by atoms with E-state index in [1.807, 2.05) is 12.1 Å². The van der Waals surface area contributed by atoms with E-state index in [0.717, 1.165) is 30.4 Å². The molecule has 8 nitrogen and oxygen atoms in total. The summed E-state index contributed by atoms with van der Waals surface area (Å²) in [5.41, 5.74) is 2.21. The Bertz CT molecular complexity index is 1120. The Morgan fingerprint density at radius 2 is 1.78 bits per heavy atom. The third-order valence-corrected chi connectivity index (χ3v) is 6.79. The van der Waals surface area contributed by atoms with E-state index < -0.39 is 6.04 Å². The highest BCUT2D eigenvalue weighted by atomic mass is 19.1. The Morgan fingerprint density at radius 1 is 1.06 bits per heavy atom. The smallest absolute Gasteiger partial charge is 0.262 e. The van der Waals surface area contributed by atoms with Crippen LogP contribution < -0.4 is 9.47 Å². The number of hydrazone groups is 1. The average molecular weight is 498 g/mol. The van der Waals surface area contributed by atoms with Gasteiger partial charge in [-0.25, -0.2) is 9.40 Å². The van der Waals surface area contributed by atoms with Crippen LogP contribution in [0.1, 0.15) is 42.9 Å². The molecular formula is C27H32FN3O5. The molecule has 1 atom stereocenters. The molecule has 0 saturated heterocycles. The Labute approximate surface area is 210 Å². The second-order valence-electron chi connectivity index (χ2n) is 9.01. The Morgan fingerprint density at radius 3 is 2.39 bits per heavy atom. The number of ether oxygens (including phenoxy) is 3. The van der Waals surface area contributed by atoms with E-state index in [1.54, 1.807) is 44.4 Å². The molecule has 1 fully saturated rings. The number of carbonyl (C=O) groups is 2. The van der Waals surface area contributed by atoms with Crippen molar-refractivity contribution >= 4 is 17.5 Å². The molecule has 36 heavy (non-hydrogen) atoms. The number of methoxy groups -OCH3 is 3. The molecule has 4 rings (SSSR count). The molecule has 0 spiro atoms. The molecule has 192 valence electrons. The lowest BCUT2D eigenvalue weighted by atomic mass is 9.84. The van der Waals surface area contributed by atoms with E-state index >= 15 is 0 Å². The highest BCUT2D eigenvalue weighted by Gasteiger charge is 2.36. The normalized spacial score (nSPS) is 17.4. The lowest BCUT2D eigenvalue weighted by Crippen LogP contribution is -2.46. The summed E-state index contributed by atoms with van der Waals surface area (Å²) in [4.78, 5) is 28.2. The van der Waals surface area contributed by atoms with Gasteiger partial charge in [0.25, 0.3) is 5.91 Å². The number of carbonyl (C=O) groups excluding carboxylic acids is 2. The third kappa shape index (κ3) is 5.51. The predicted molar refractivity (Wildman–Crippen MR) is 132 cm³/mol. The summed E-state index contributed by atoms with van der Waals surface area (Å²) in [6.45, 7) is 0.582. The van der Waals surface area contributed by atoms with Gasteiger partial charge < -0.3 is 19.1 Å². The van der Waals surface area contributed by atoms with Crippen LogP contribution in [0.5, 0.6) is 11.5 Å². The lowest BCUT2D eigenvalue weighted by molar-refractivity contribution is -0.146. The summed E-state index contributed by atoms with van der Waals surface area (Å²) >= 11 is 0. The molecule has 0 radical (unpaired) electrons. The molecule has 9 heteroatoms. The van der Waals surface area contributed by atoms with Gasteiger partial charge in [0.05, 0.1) is 32.6 Å². The molecule has 2 aliphatic rings. The predicted octanol–water partition coefficient (Wildman–Crippen LogP) is 3.80. The number of nitrogens with zero attached hydrogens (tertiary/aromatic N) is 3. The lowest BCUT2D eigenvalue weighted by Gasteiger charge is -2.32. The number of halogens is 1. The highest BCUT2D eigenvalue weighted by molar-refractivity contribution is 6.03. The van der Waals surface area contributed by atoms with Gasteiger partial charge in [-0.3, -0.25) is 9.59 Å².